The SMILES string of the molecule is CC[C@H](C)[C@@H]([C@@H](CC(=O)N1CCC[C@H]1[C@H](OC)[C@@H](C)C(=O)N[C@H](C)[C@@H](O)c1ccccc1)OC)N(C)C(=O)[C@@H](NC(=O)[C@H](C(C)C)N(C)C(=O)OCc1ccc(NC(=O)[C@H](CCCNC(N)=O)NC(=O)[C@@H](NC(=O)CCOCCOCCOCCOCCOCCOCCOCCOCCOCCC(=O)O)C(C)C)cc1)C(C)C. The third-order valence-corrected chi connectivity index (χ3v) is 19.4. The number of hydrogen-bond acceptors (Lipinski definition) is 23. The second-order valence-corrected chi connectivity index (χ2v) is 29.2. The quantitative estimate of drug-likeness (QED) is 0.0408. The van der Waals surface area contributed by atoms with Crippen molar-refractivity contribution in [3.05, 3.63) is 65.7 Å². The van der Waals surface area contributed by atoms with Gasteiger partial charge in [-0.05, 0) is 79.5 Å². The molecule has 10 N–H and O–H groups in total. The number of likely N-dealkylation sites (N-methyl/N-ethyl adjacent to an activating group) is 2. The molecule has 10 amide bonds. The minimum atomic E-state index is -1.13. The summed E-state index contributed by atoms with van der Waals surface area (Å²) in [4.78, 5) is 139. The van der Waals surface area contributed by atoms with Crippen LogP contribution in [-0.4, -0.2) is 299 Å². The van der Waals surface area contributed by atoms with Crippen molar-refractivity contribution in [2.24, 2.45) is 35.3 Å². The van der Waals surface area contributed by atoms with E-state index < -0.39 is 132 Å². The summed E-state index contributed by atoms with van der Waals surface area (Å²) in [6.07, 6.45) is -1.22. The van der Waals surface area contributed by atoms with Crippen molar-refractivity contribution in [2.75, 3.05) is 166 Å². The zero-order valence-corrected chi connectivity index (χ0v) is 69.7. The van der Waals surface area contributed by atoms with Gasteiger partial charge in [0.2, 0.25) is 41.4 Å². The monoisotopic (exact) mass is 1620 g/mol. The van der Waals surface area contributed by atoms with Crippen LogP contribution in [0.15, 0.2) is 54.6 Å². The van der Waals surface area contributed by atoms with Crippen LogP contribution in [0.4, 0.5) is 15.3 Å². The fourth-order valence-corrected chi connectivity index (χ4v) is 12.9. The molecule has 0 saturated carbocycles. The molecular weight excluding hydrogens is 1480 g/mol. The lowest BCUT2D eigenvalue weighted by molar-refractivity contribution is -0.148. The molecule has 1 aliphatic rings. The van der Waals surface area contributed by atoms with Crippen LogP contribution in [0, 0.1) is 29.6 Å². The lowest BCUT2D eigenvalue weighted by atomic mass is 9.89. The second kappa shape index (κ2) is 57.3. The van der Waals surface area contributed by atoms with Gasteiger partial charge >= 0.3 is 18.1 Å². The maximum Gasteiger partial charge on any atom is 0.410 e. The van der Waals surface area contributed by atoms with E-state index in [9.17, 15) is 53.1 Å². The van der Waals surface area contributed by atoms with Crippen molar-refractivity contribution >= 4 is 65.1 Å². The molecule has 2 aromatic carbocycles. The number of rotatable bonds is 62. The van der Waals surface area contributed by atoms with Gasteiger partial charge in [0.25, 0.3) is 0 Å². The van der Waals surface area contributed by atoms with E-state index in [0.29, 0.717) is 135 Å². The van der Waals surface area contributed by atoms with Crippen LogP contribution in [0.5, 0.6) is 0 Å². The topological polar surface area (TPSA) is 430 Å². The van der Waals surface area contributed by atoms with Gasteiger partial charge in [-0.2, -0.15) is 0 Å². The van der Waals surface area contributed by atoms with Crippen LogP contribution < -0.4 is 37.6 Å². The van der Waals surface area contributed by atoms with E-state index in [2.05, 4.69) is 31.9 Å². The summed E-state index contributed by atoms with van der Waals surface area (Å²) in [5.74, 6) is -6.31. The highest BCUT2D eigenvalue weighted by molar-refractivity contribution is 5.98. The first kappa shape index (κ1) is 100. The molecule has 114 heavy (non-hydrogen) atoms. The molecule has 1 aliphatic heterocycles. The number of methoxy groups -OCH3 is 2. The Morgan fingerprint density at radius 3 is 1.55 bits per heavy atom. The lowest BCUT2D eigenvalue weighted by Crippen LogP contribution is -2.60. The van der Waals surface area contributed by atoms with Crippen molar-refractivity contribution in [1.29, 1.82) is 0 Å². The third kappa shape index (κ3) is 38.3. The van der Waals surface area contributed by atoms with Gasteiger partial charge in [0.15, 0.2) is 0 Å². The number of primary amides is 1. The Morgan fingerprint density at radius 1 is 0.579 bits per heavy atom. The molecule has 0 spiro atoms. The fraction of sp³-hybridized carbons (Fsp3) is 0.725. The number of ether oxygens (including phenoxy) is 12. The van der Waals surface area contributed by atoms with E-state index >= 15 is 0 Å². The molecule has 1 fully saturated rings. The van der Waals surface area contributed by atoms with Crippen LogP contribution in [0.2, 0.25) is 0 Å². The van der Waals surface area contributed by atoms with E-state index in [4.69, 9.17) is 67.7 Å². The van der Waals surface area contributed by atoms with Gasteiger partial charge in [0, 0.05) is 53.5 Å². The third-order valence-electron chi connectivity index (χ3n) is 19.4. The average molecular weight is 1620 g/mol. The largest absolute Gasteiger partial charge is 0.481 e. The Hall–Kier alpha value is -7.74. The smallest absolute Gasteiger partial charge is 0.410 e. The number of carboxylic acids is 1. The first-order valence-electron chi connectivity index (χ1n) is 39.8. The van der Waals surface area contributed by atoms with E-state index in [1.807, 2.05) is 32.0 Å². The number of nitrogens with zero attached hydrogens (tertiary/aromatic N) is 3. The number of benzene rings is 2. The minimum absolute atomic E-state index is 0.0376. The Morgan fingerprint density at radius 2 is 1.09 bits per heavy atom. The normalized spacial score (nSPS) is 15.8. The van der Waals surface area contributed by atoms with Gasteiger partial charge in [-0.15, -0.1) is 0 Å². The molecule has 0 aliphatic carbocycles. The van der Waals surface area contributed by atoms with Crippen molar-refractivity contribution in [3.63, 3.8) is 0 Å². The molecule has 0 unspecified atom stereocenters. The highest BCUT2D eigenvalue weighted by Crippen LogP contribution is 2.31. The van der Waals surface area contributed by atoms with Crippen molar-refractivity contribution in [1.82, 2.24) is 41.3 Å². The van der Waals surface area contributed by atoms with Gasteiger partial charge in [-0.1, -0.05) is 111 Å². The van der Waals surface area contributed by atoms with Gasteiger partial charge in [0.1, 0.15) is 30.8 Å². The lowest BCUT2D eigenvalue weighted by Gasteiger charge is -2.41. The summed E-state index contributed by atoms with van der Waals surface area (Å²) >= 11 is 0. The maximum absolute atomic E-state index is 14.9. The fourth-order valence-electron chi connectivity index (χ4n) is 12.9. The van der Waals surface area contributed by atoms with Crippen LogP contribution in [-0.2, 0) is 102 Å². The molecule has 0 aromatic heterocycles. The Labute approximate surface area is 673 Å². The van der Waals surface area contributed by atoms with Crippen LogP contribution in [0.25, 0.3) is 0 Å². The van der Waals surface area contributed by atoms with E-state index in [0.717, 1.165) is 0 Å². The molecule has 34 heteroatoms. The number of carbonyl (C=O) groups excluding carboxylic acids is 9. The van der Waals surface area contributed by atoms with Crippen molar-refractivity contribution in [2.45, 2.75) is 188 Å². The predicted octanol–water partition coefficient (Wildman–Crippen LogP) is 4.61. The molecule has 648 valence electrons. The number of carboxylic acid groups (broad SMARTS) is 1. The molecule has 1 saturated heterocycles. The summed E-state index contributed by atoms with van der Waals surface area (Å²) in [6, 6.07) is 8.68. The zero-order chi connectivity index (χ0) is 84.5. The molecule has 2 aromatic rings. The minimum Gasteiger partial charge on any atom is -0.481 e. The number of nitrogens with one attached hydrogen (secondary N) is 6. The highest BCUT2D eigenvalue weighted by Gasteiger charge is 2.44. The van der Waals surface area contributed by atoms with Gasteiger partial charge < -0.3 is 114 Å². The summed E-state index contributed by atoms with van der Waals surface area (Å²) < 4.78 is 66.9. The van der Waals surface area contributed by atoms with Crippen LogP contribution >= 0.6 is 0 Å². The molecule has 12 atom stereocenters. The first-order valence-corrected chi connectivity index (χ1v) is 39.8. The Kier molecular flexibility index (Phi) is 50.5. The number of urea groups is 1. The number of amides is 10. The Bertz CT molecular complexity index is 3110. The van der Waals surface area contributed by atoms with Crippen molar-refractivity contribution < 1.29 is 115 Å². The second-order valence-electron chi connectivity index (χ2n) is 29.2. The number of likely N-dealkylation sites (tertiary alicyclic amines) is 1. The van der Waals surface area contributed by atoms with Gasteiger partial charge in [0.05, 0.1) is 174 Å². The number of nitrogens with two attached hydrogens (primary N) is 1. The number of aliphatic hydroxyl groups excluding tert-OH is 1. The summed E-state index contributed by atoms with van der Waals surface area (Å²) in [7, 11) is 6.08. The summed E-state index contributed by atoms with van der Waals surface area (Å²) in [6.45, 7) is 24.4. The number of carbonyl (C=O) groups is 10. The number of hydrogen-bond donors (Lipinski definition) is 9. The number of anilines is 1. The van der Waals surface area contributed by atoms with E-state index in [1.54, 1.807) is 109 Å². The van der Waals surface area contributed by atoms with Gasteiger partial charge in [-0.25, -0.2) is 9.59 Å². The van der Waals surface area contributed by atoms with Crippen LogP contribution in [0.3, 0.4) is 0 Å². The number of aliphatic carboxylic acids is 1. The molecule has 0 bridgehead atoms. The average Bonchev–Trinajstić information content (AvgIpc) is 1.30. The van der Waals surface area contributed by atoms with Crippen molar-refractivity contribution in [3.8, 4) is 0 Å². The summed E-state index contributed by atoms with van der Waals surface area (Å²) in [5, 5.41) is 36.2. The predicted molar refractivity (Wildman–Crippen MR) is 423 cm³/mol. The molecular formula is C80H134N10O24. The van der Waals surface area contributed by atoms with E-state index in [-0.39, 0.29) is 89.4 Å². The van der Waals surface area contributed by atoms with E-state index in [1.165, 1.54) is 26.2 Å². The van der Waals surface area contributed by atoms with Gasteiger partial charge in [-0.3, -0.25) is 43.3 Å². The maximum atomic E-state index is 14.9. The summed E-state index contributed by atoms with van der Waals surface area (Å²) in [5.41, 5.74) is 6.80. The molecule has 3 rings (SSSR count). The zero-order valence-electron chi connectivity index (χ0n) is 69.7. The highest BCUT2D eigenvalue weighted by atomic mass is 16.6. The first-order chi connectivity index (χ1) is 54.5. The Balaban J connectivity index is 1.47. The standard InChI is InChI=1S/C80H134N10O24/c1-15-56(8)71(64(103-13)51-66(92)90-32-20-24-63(90)73(104-14)57(9)74(96)83-58(10)72(95)60-21-17-16-18-22-60)88(11)78(100)69(54(4)5)87-77(99)70(55(6)7)89(12)80(102)114-52-59-25-27-61(28-26-59)84-75(97)62(23-19-31-82-79(81)101)85-76(98)68(53(2)3)86-65(91)29-33-105-35-37-107-39-41-109-43-45-111-47-49-113-50-48-112-46-44-110-42-40-108-38-36-106-34-30-67(93)94/h16-18,21-22,25-28,53-58,62-64,68-73,95H,15,19-20,23-24,29-52H2,1-14H3,(H,83,96)(H,84,97)(H,85,98)(H,86,91)(H,87,99)(H,93,94)(H3,81,82,101)/t56-,57+,58+,62-,63-,64+,68-,69-,70-,71-,72+,73+/m0/s1. The van der Waals surface area contributed by atoms with Crippen LogP contribution in [0.1, 0.15) is 138 Å². The molecule has 1 heterocycles. The number of aliphatic hydroxyl groups is 1. The molecule has 34 nitrogen and oxygen atoms in total. The molecule has 0 radical (unpaired) electrons.